The van der Waals surface area contributed by atoms with Crippen molar-refractivity contribution >= 4 is 57.8 Å². The molecule has 0 aliphatic carbocycles. The van der Waals surface area contributed by atoms with E-state index >= 15 is 0 Å². The normalized spacial score (nSPS) is 11.9. The molecule has 0 fully saturated rings. The zero-order chi connectivity index (χ0) is 32.6. The molecule has 0 saturated heterocycles. The summed E-state index contributed by atoms with van der Waals surface area (Å²) in [5.74, 6) is -1.01. The first-order chi connectivity index (χ1) is 22.9. The van der Waals surface area contributed by atoms with E-state index in [1.54, 1.807) is 36.4 Å². The molecule has 1 aromatic heterocycles. The summed E-state index contributed by atoms with van der Waals surface area (Å²) in [5.41, 5.74) is 5.60. The van der Waals surface area contributed by atoms with E-state index in [-0.39, 0.29) is 11.6 Å². The molecule has 0 spiro atoms. The molecule has 7 nitrogen and oxygen atoms in total. The molecule has 5 aromatic carbocycles. The standard InChI is InChI=1S/C39H32N4O3S/c1-26(37(44)41-33-20-19-30-21-22-40-35(30)25-33)47-34-14-8-13-32(24-34)42-39(46)36(43-38(45)31-11-6-3-7-12-31)23-27-15-17-29(18-16-27)28-9-4-2-5-10-28/h2-26,40H,1H3,(H,41,44)(H,42,46)(H,43,45)/b36-23+. The zero-order valence-electron chi connectivity index (χ0n) is 25.6. The molecule has 4 N–H and O–H groups in total. The number of carbonyl (C=O) groups is 3. The molecule has 8 heteroatoms. The molecule has 232 valence electrons. The average molecular weight is 637 g/mol. The Kier molecular flexibility index (Phi) is 9.60. The van der Waals surface area contributed by atoms with E-state index in [0.717, 1.165) is 32.5 Å². The Morgan fingerprint density at radius 3 is 2.17 bits per heavy atom. The Bertz CT molecular complexity index is 2060. The van der Waals surface area contributed by atoms with Crippen molar-refractivity contribution in [3.63, 3.8) is 0 Å². The van der Waals surface area contributed by atoms with Crippen LogP contribution in [0.2, 0.25) is 0 Å². The van der Waals surface area contributed by atoms with Gasteiger partial charge in [-0.3, -0.25) is 14.4 Å². The van der Waals surface area contributed by atoms with Gasteiger partial charge >= 0.3 is 0 Å². The smallest absolute Gasteiger partial charge is 0.272 e. The molecule has 6 aromatic rings. The number of rotatable bonds is 10. The van der Waals surface area contributed by atoms with Crippen molar-refractivity contribution in [1.82, 2.24) is 10.3 Å². The molecule has 0 aliphatic rings. The Morgan fingerprint density at radius 1 is 0.702 bits per heavy atom. The van der Waals surface area contributed by atoms with Gasteiger partial charge in [0.2, 0.25) is 5.91 Å². The Labute approximate surface area is 277 Å². The number of thioether (sulfide) groups is 1. The van der Waals surface area contributed by atoms with Gasteiger partial charge in [0.05, 0.1) is 5.25 Å². The highest BCUT2D eigenvalue weighted by Crippen LogP contribution is 2.28. The highest BCUT2D eigenvalue weighted by atomic mass is 32.2. The topological polar surface area (TPSA) is 103 Å². The number of anilines is 2. The number of aromatic nitrogens is 1. The maximum atomic E-state index is 13.6. The Balaban J connectivity index is 1.16. The van der Waals surface area contributed by atoms with Gasteiger partial charge in [-0.05, 0) is 83.6 Å². The lowest BCUT2D eigenvalue weighted by molar-refractivity contribution is -0.115. The fraction of sp³-hybridized carbons (Fsp3) is 0.0513. The number of nitrogens with one attached hydrogen (secondary N) is 4. The molecule has 47 heavy (non-hydrogen) atoms. The van der Waals surface area contributed by atoms with E-state index in [0.29, 0.717) is 16.9 Å². The number of amides is 3. The first kappa shape index (κ1) is 31.1. The van der Waals surface area contributed by atoms with Crippen LogP contribution in [0.1, 0.15) is 22.8 Å². The number of benzene rings is 5. The van der Waals surface area contributed by atoms with E-state index in [1.165, 1.54) is 11.8 Å². The molecule has 0 bridgehead atoms. The maximum Gasteiger partial charge on any atom is 0.272 e. The summed E-state index contributed by atoms with van der Waals surface area (Å²) in [6, 6.07) is 41.5. The summed E-state index contributed by atoms with van der Waals surface area (Å²) in [7, 11) is 0. The van der Waals surface area contributed by atoms with Gasteiger partial charge < -0.3 is 20.9 Å². The zero-order valence-corrected chi connectivity index (χ0v) is 26.4. The van der Waals surface area contributed by atoms with Gasteiger partial charge in [0, 0.05) is 33.5 Å². The minimum absolute atomic E-state index is 0.0937. The molecule has 3 amide bonds. The van der Waals surface area contributed by atoms with Gasteiger partial charge in [-0.25, -0.2) is 0 Å². The fourth-order valence-electron chi connectivity index (χ4n) is 4.98. The van der Waals surface area contributed by atoms with E-state index in [1.807, 2.05) is 116 Å². The Morgan fingerprint density at radius 2 is 1.40 bits per heavy atom. The molecule has 6 rings (SSSR count). The fourth-order valence-corrected chi connectivity index (χ4v) is 5.91. The van der Waals surface area contributed by atoms with Crippen molar-refractivity contribution in [1.29, 1.82) is 0 Å². The van der Waals surface area contributed by atoms with Crippen molar-refractivity contribution in [3.05, 3.63) is 156 Å². The lowest BCUT2D eigenvalue weighted by atomic mass is 10.0. The van der Waals surface area contributed by atoms with E-state index < -0.39 is 17.1 Å². The minimum Gasteiger partial charge on any atom is -0.361 e. The molecule has 0 saturated carbocycles. The highest BCUT2D eigenvalue weighted by Gasteiger charge is 2.18. The summed E-state index contributed by atoms with van der Waals surface area (Å²) in [6.07, 6.45) is 3.51. The largest absolute Gasteiger partial charge is 0.361 e. The third-order valence-electron chi connectivity index (χ3n) is 7.45. The number of H-pyrrole nitrogens is 1. The second kappa shape index (κ2) is 14.5. The summed E-state index contributed by atoms with van der Waals surface area (Å²) in [5, 5.41) is 9.35. The first-order valence-electron chi connectivity index (χ1n) is 15.1. The van der Waals surface area contributed by atoms with Gasteiger partial charge in [-0.1, -0.05) is 84.9 Å². The minimum atomic E-state index is -0.478. The van der Waals surface area contributed by atoms with Crippen LogP contribution in [0, 0.1) is 0 Å². The molecule has 1 unspecified atom stereocenters. The van der Waals surface area contributed by atoms with E-state index in [2.05, 4.69) is 20.9 Å². The number of fused-ring (bicyclic) bond motifs is 1. The van der Waals surface area contributed by atoms with Crippen LogP contribution in [0.15, 0.2) is 150 Å². The third kappa shape index (κ3) is 8.06. The van der Waals surface area contributed by atoms with Crippen molar-refractivity contribution in [2.45, 2.75) is 17.1 Å². The van der Waals surface area contributed by atoms with E-state index in [4.69, 9.17) is 0 Å². The summed E-state index contributed by atoms with van der Waals surface area (Å²) in [6.45, 7) is 1.83. The van der Waals surface area contributed by atoms with Crippen molar-refractivity contribution < 1.29 is 14.4 Å². The molecule has 0 aliphatic heterocycles. The van der Waals surface area contributed by atoms with Gasteiger partial charge in [-0.15, -0.1) is 11.8 Å². The van der Waals surface area contributed by atoms with Crippen molar-refractivity contribution in [2.24, 2.45) is 0 Å². The van der Waals surface area contributed by atoms with Crippen molar-refractivity contribution in [3.8, 4) is 11.1 Å². The molecule has 1 heterocycles. The Hall–Kier alpha value is -5.86. The first-order valence-corrected chi connectivity index (χ1v) is 16.0. The summed E-state index contributed by atoms with van der Waals surface area (Å²) < 4.78 is 0. The number of hydrogen-bond donors (Lipinski definition) is 4. The summed E-state index contributed by atoms with van der Waals surface area (Å²) in [4.78, 5) is 43.6. The quantitative estimate of drug-likeness (QED) is 0.0896. The van der Waals surface area contributed by atoms with Crippen LogP contribution >= 0.6 is 11.8 Å². The second-order valence-electron chi connectivity index (χ2n) is 10.9. The summed E-state index contributed by atoms with van der Waals surface area (Å²) >= 11 is 1.38. The van der Waals surface area contributed by atoms with Crippen molar-refractivity contribution in [2.75, 3.05) is 10.6 Å². The second-order valence-corrected chi connectivity index (χ2v) is 12.3. The number of aromatic amines is 1. The van der Waals surface area contributed by atoms with Crippen LogP contribution < -0.4 is 16.0 Å². The third-order valence-corrected chi connectivity index (χ3v) is 8.55. The molecule has 0 radical (unpaired) electrons. The lowest BCUT2D eigenvalue weighted by Gasteiger charge is -2.14. The van der Waals surface area contributed by atoms with Crippen LogP contribution in [0.4, 0.5) is 11.4 Å². The average Bonchev–Trinajstić information content (AvgIpc) is 3.57. The van der Waals surface area contributed by atoms with Gasteiger partial charge in [0.15, 0.2) is 0 Å². The van der Waals surface area contributed by atoms with Crippen LogP contribution in [0.3, 0.4) is 0 Å². The van der Waals surface area contributed by atoms with Gasteiger partial charge in [0.1, 0.15) is 5.70 Å². The molecular weight excluding hydrogens is 605 g/mol. The van der Waals surface area contributed by atoms with Crippen LogP contribution in [0.25, 0.3) is 28.1 Å². The van der Waals surface area contributed by atoms with Crippen LogP contribution in [-0.2, 0) is 9.59 Å². The van der Waals surface area contributed by atoms with Crippen LogP contribution in [-0.4, -0.2) is 28.0 Å². The van der Waals surface area contributed by atoms with Gasteiger partial charge in [-0.2, -0.15) is 0 Å². The predicted octanol–water partition coefficient (Wildman–Crippen LogP) is 8.36. The predicted molar refractivity (Wildman–Crippen MR) is 191 cm³/mol. The van der Waals surface area contributed by atoms with Gasteiger partial charge in [0.25, 0.3) is 11.8 Å². The number of carbonyl (C=O) groups excluding carboxylic acids is 3. The maximum absolute atomic E-state index is 13.6. The SMILES string of the molecule is CC(Sc1cccc(NC(=O)/C(=C\c2ccc(-c3ccccc3)cc2)NC(=O)c2ccccc2)c1)C(=O)Nc1ccc2cc[nH]c2c1. The lowest BCUT2D eigenvalue weighted by Crippen LogP contribution is -2.30. The number of hydrogen-bond acceptors (Lipinski definition) is 4. The monoisotopic (exact) mass is 636 g/mol. The van der Waals surface area contributed by atoms with Crippen LogP contribution in [0.5, 0.6) is 0 Å². The van der Waals surface area contributed by atoms with E-state index in [9.17, 15) is 14.4 Å². The molecule has 1 atom stereocenters. The highest BCUT2D eigenvalue weighted by molar-refractivity contribution is 8.00. The molecular formula is C39H32N4O3S.